The third-order valence-electron chi connectivity index (χ3n) is 2.80. The van der Waals surface area contributed by atoms with Gasteiger partial charge in [0, 0.05) is 22.8 Å². The second-order valence-electron chi connectivity index (χ2n) is 5.00. The molecule has 106 valence electrons. The van der Waals surface area contributed by atoms with Crippen LogP contribution in [0.5, 0.6) is 0 Å². The zero-order chi connectivity index (χ0) is 14.5. The van der Waals surface area contributed by atoms with Crippen molar-refractivity contribution < 1.29 is 8.78 Å². The summed E-state index contributed by atoms with van der Waals surface area (Å²) in [7, 11) is 0. The van der Waals surface area contributed by atoms with E-state index in [0.717, 1.165) is 11.7 Å². The molecule has 0 N–H and O–H groups in total. The van der Waals surface area contributed by atoms with Gasteiger partial charge in [-0.05, 0) is 41.9 Å². The summed E-state index contributed by atoms with van der Waals surface area (Å²) in [6, 6.07) is 2.89. The van der Waals surface area contributed by atoms with Crippen LogP contribution in [0.1, 0.15) is 13.8 Å². The van der Waals surface area contributed by atoms with E-state index in [1.54, 1.807) is 11.8 Å². The number of hydrogen-bond donors (Lipinski definition) is 0. The molecule has 2 heterocycles. The SMILES string of the molecule is CC1(C)Cn2c(nsc2=Nc2ccc(Br)c(F)c2F)S1. The van der Waals surface area contributed by atoms with Gasteiger partial charge in [-0.25, -0.2) is 13.8 Å². The Hall–Kier alpha value is -0.730. The molecular weight excluding hydrogens is 368 g/mol. The monoisotopic (exact) mass is 377 g/mol. The average molecular weight is 378 g/mol. The zero-order valence-electron chi connectivity index (χ0n) is 10.7. The van der Waals surface area contributed by atoms with Crippen LogP contribution in [0.2, 0.25) is 0 Å². The van der Waals surface area contributed by atoms with Crippen molar-refractivity contribution in [3.63, 3.8) is 0 Å². The van der Waals surface area contributed by atoms with Gasteiger partial charge in [0.2, 0.25) is 4.80 Å². The summed E-state index contributed by atoms with van der Waals surface area (Å²) in [6.45, 7) is 4.98. The summed E-state index contributed by atoms with van der Waals surface area (Å²) in [5.74, 6) is -1.88. The van der Waals surface area contributed by atoms with Crippen LogP contribution < -0.4 is 4.80 Å². The van der Waals surface area contributed by atoms with Gasteiger partial charge >= 0.3 is 0 Å². The molecule has 0 spiro atoms. The van der Waals surface area contributed by atoms with E-state index < -0.39 is 11.6 Å². The number of hydrogen-bond acceptors (Lipinski definition) is 4. The highest BCUT2D eigenvalue weighted by atomic mass is 79.9. The molecule has 0 unspecified atom stereocenters. The molecule has 1 aliphatic heterocycles. The lowest BCUT2D eigenvalue weighted by Gasteiger charge is -2.12. The normalized spacial score (nSPS) is 17.6. The Bertz CT molecular complexity index is 752. The molecule has 0 amide bonds. The first-order valence-corrected chi connectivity index (χ1v) is 8.19. The van der Waals surface area contributed by atoms with Crippen molar-refractivity contribution in [2.45, 2.75) is 30.3 Å². The summed E-state index contributed by atoms with van der Waals surface area (Å²) >= 11 is 5.80. The summed E-state index contributed by atoms with van der Waals surface area (Å²) in [4.78, 5) is 4.79. The first kappa shape index (κ1) is 14.2. The minimum atomic E-state index is -0.952. The van der Waals surface area contributed by atoms with E-state index in [0.29, 0.717) is 4.80 Å². The maximum absolute atomic E-state index is 13.8. The van der Waals surface area contributed by atoms with Crippen molar-refractivity contribution in [1.29, 1.82) is 0 Å². The first-order chi connectivity index (χ1) is 9.37. The minimum Gasteiger partial charge on any atom is -0.293 e. The topological polar surface area (TPSA) is 30.2 Å². The van der Waals surface area contributed by atoms with Crippen molar-refractivity contribution in [1.82, 2.24) is 8.94 Å². The molecule has 3 nitrogen and oxygen atoms in total. The van der Waals surface area contributed by atoms with Crippen LogP contribution in [0.3, 0.4) is 0 Å². The number of fused-ring (bicyclic) bond motifs is 1. The van der Waals surface area contributed by atoms with E-state index >= 15 is 0 Å². The van der Waals surface area contributed by atoms with Gasteiger partial charge in [0.1, 0.15) is 5.69 Å². The molecule has 1 aliphatic rings. The standard InChI is InChI=1S/C12H10BrF2N3S2/c1-12(2)5-18-10(20-17-11(18)19-12)16-7-4-3-6(13)8(14)9(7)15/h3-4H,5H2,1-2H3. The largest absolute Gasteiger partial charge is 0.293 e. The lowest BCUT2D eigenvalue weighted by atomic mass is 10.2. The van der Waals surface area contributed by atoms with Gasteiger partial charge in [0.15, 0.2) is 16.8 Å². The molecule has 1 aromatic heterocycles. The second kappa shape index (κ2) is 4.92. The van der Waals surface area contributed by atoms with Crippen LogP contribution >= 0.6 is 39.2 Å². The van der Waals surface area contributed by atoms with Gasteiger partial charge in [-0.2, -0.15) is 4.37 Å². The third kappa shape index (κ3) is 2.44. The number of benzene rings is 1. The number of nitrogens with zero attached hydrogens (tertiary/aromatic N) is 3. The number of rotatable bonds is 1. The average Bonchev–Trinajstić information content (AvgIpc) is 2.86. The van der Waals surface area contributed by atoms with E-state index in [1.165, 1.54) is 23.7 Å². The maximum Gasteiger partial charge on any atom is 0.210 e. The number of aromatic nitrogens is 2. The fraction of sp³-hybridized carbons (Fsp3) is 0.333. The van der Waals surface area contributed by atoms with Crippen LogP contribution in [0.4, 0.5) is 14.5 Å². The van der Waals surface area contributed by atoms with Crippen LogP contribution in [0.25, 0.3) is 0 Å². The lowest BCUT2D eigenvalue weighted by Crippen LogP contribution is -2.21. The van der Waals surface area contributed by atoms with Crippen molar-refractivity contribution >= 4 is 44.9 Å². The third-order valence-corrected chi connectivity index (χ3v) is 5.45. The highest BCUT2D eigenvalue weighted by molar-refractivity contribution is 9.10. The number of halogens is 3. The molecule has 8 heteroatoms. The summed E-state index contributed by atoms with van der Waals surface area (Å²) in [6.07, 6.45) is 0. The smallest absolute Gasteiger partial charge is 0.210 e. The summed E-state index contributed by atoms with van der Waals surface area (Å²) in [5.41, 5.74) is -0.0145. The van der Waals surface area contributed by atoms with Crippen LogP contribution in [0.15, 0.2) is 26.8 Å². The van der Waals surface area contributed by atoms with E-state index in [4.69, 9.17) is 0 Å². The van der Waals surface area contributed by atoms with Gasteiger partial charge in [-0.15, -0.1) is 0 Å². The highest BCUT2D eigenvalue weighted by Crippen LogP contribution is 2.38. The molecule has 2 aromatic rings. The molecule has 0 atom stereocenters. The molecule has 0 bridgehead atoms. The second-order valence-corrected chi connectivity index (χ2v) is 8.26. The molecule has 0 fully saturated rings. The van der Waals surface area contributed by atoms with Crippen LogP contribution in [0, 0.1) is 11.6 Å². The highest BCUT2D eigenvalue weighted by Gasteiger charge is 2.31. The van der Waals surface area contributed by atoms with E-state index in [9.17, 15) is 8.78 Å². The fourth-order valence-corrected chi connectivity index (χ4v) is 4.14. The maximum atomic E-state index is 13.8. The Morgan fingerprint density at radius 1 is 1.35 bits per heavy atom. The molecule has 0 saturated heterocycles. The lowest BCUT2D eigenvalue weighted by molar-refractivity contribution is 0.505. The Labute approximate surface area is 131 Å². The van der Waals surface area contributed by atoms with Gasteiger partial charge in [0.25, 0.3) is 0 Å². The Morgan fingerprint density at radius 2 is 2.10 bits per heavy atom. The zero-order valence-corrected chi connectivity index (χ0v) is 13.9. The summed E-state index contributed by atoms with van der Waals surface area (Å²) in [5, 5.41) is 0.872. The first-order valence-electron chi connectivity index (χ1n) is 5.81. The Morgan fingerprint density at radius 3 is 2.85 bits per heavy atom. The van der Waals surface area contributed by atoms with E-state index in [-0.39, 0.29) is 14.9 Å². The fourth-order valence-electron chi connectivity index (χ4n) is 1.92. The van der Waals surface area contributed by atoms with Crippen LogP contribution in [-0.4, -0.2) is 13.7 Å². The Kier molecular flexibility index (Phi) is 3.50. The van der Waals surface area contributed by atoms with Crippen LogP contribution in [-0.2, 0) is 6.54 Å². The molecular formula is C12H10BrF2N3S2. The van der Waals surface area contributed by atoms with Gasteiger partial charge < -0.3 is 0 Å². The molecule has 0 saturated carbocycles. The predicted octanol–water partition coefficient (Wildman–Crippen LogP) is 4.10. The summed E-state index contributed by atoms with van der Waals surface area (Å²) < 4.78 is 33.7. The predicted molar refractivity (Wildman–Crippen MR) is 79.3 cm³/mol. The van der Waals surface area contributed by atoms with Crippen molar-refractivity contribution in [2.75, 3.05) is 0 Å². The van der Waals surface area contributed by atoms with Crippen molar-refractivity contribution in [2.24, 2.45) is 4.99 Å². The molecule has 0 aliphatic carbocycles. The molecule has 1 aromatic carbocycles. The quantitative estimate of drug-likeness (QED) is 0.700. The number of thioether (sulfide) groups is 1. The van der Waals surface area contributed by atoms with Crippen molar-refractivity contribution in [3.8, 4) is 0 Å². The van der Waals surface area contributed by atoms with Gasteiger partial charge in [0.05, 0.1) is 4.47 Å². The van der Waals surface area contributed by atoms with Gasteiger partial charge in [-0.1, -0.05) is 11.8 Å². The van der Waals surface area contributed by atoms with E-state index in [1.807, 2.05) is 4.57 Å². The van der Waals surface area contributed by atoms with Crippen molar-refractivity contribution in [3.05, 3.63) is 33.0 Å². The molecule has 20 heavy (non-hydrogen) atoms. The minimum absolute atomic E-state index is 0.0145. The Balaban J connectivity index is 2.10. The van der Waals surface area contributed by atoms with E-state index in [2.05, 4.69) is 39.1 Å². The van der Waals surface area contributed by atoms with Gasteiger partial charge in [-0.3, -0.25) is 4.57 Å². The molecule has 3 rings (SSSR count). The molecule has 0 radical (unpaired) electrons.